The summed E-state index contributed by atoms with van der Waals surface area (Å²) in [5, 5.41) is 0. The molecule has 4 nitrogen and oxygen atoms in total. The third kappa shape index (κ3) is 3.08. The average molecular weight is 213 g/mol. The summed E-state index contributed by atoms with van der Waals surface area (Å²) in [6.07, 6.45) is 2.58. The zero-order valence-corrected chi connectivity index (χ0v) is 9.74. The standard InChI is InChI=1S/C9H15NO3Si/c1-14(2,3)13-7-6-10-8(11)4-5-9(10)12/h4-5H,6-7H2,1-3H3. The molecule has 0 bridgehead atoms. The summed E-state index contributed by atoms with van der Waals surface area (Å²) in [6, 6.07) is 0. The first-order valence-corrected chi connectivity index (χ1v) is 7.98. The highest BCUT2D eigenvalue weighted by Gasteiger charge is 2.23. The lowest BCUT2D eigenvalue weighted by atomic mass is 10.5. The van der Waals surface area contributed by atoms with Crippen LogP contribution in [0.1, 0.15) is 0 Å². The summed E-state index contributed by atoms with van der Waals surface area (Å²) in [5.74, 6) is -0.483. The maximum atomic E-state index is 11.1. The van der Waals surface area contributed by atoms with Crippen LogP contribution in [-0.2, 0) is 14.0 Å². The molecule has 0 atom stereocenters. The predicted molar refractivity (Wildman–Crippen MR) is 55.2 cm³/mol. The highest BCUT2D eigenvalue weighted by Crippen LogP contribution is 2.05. The Kier molecular flexibility index (Phi) is 3.23. The topological polar surface area (TPSA) is 46.6 Å². The van der Waals surface area contributed by atoms with Gasteiger partial charge >= 0.3 is 0 Å². The number of hydrogen-bond donors (Lipinski definition) is 0. The highest BCUT2D eigenvalue weighted by molar-refractivity contribution is 6.69. The monoisotopic (exact) mass is 213 g/mol. The Labute approximate surface area is 84.7 Å². The Morgan fingerprint density at radius 1 is 1.21 bits per heavy atom. The van der Waals surface area contributed by atoms with Gasteiger partial charge in [0.05, 0.1) is 13.2 Å². The minimum absolute atomic E-state index is 0.242. The number of rotatable bonds is 4. The number of carbonyl (C=O) groups is 2. The Morgan fingerprint density at radius 2 is 1.71 bits per heavy atom. The Balaban J connectivity index is 2.33. The molecule has 5 heteroatoms. The van der Waals surface area contributed by atoms with Crippen molar-refractivity contribution in [3.63, 3.8) is 0 Å². The molecule has 0 spiro atoms. The fourth-order valence-corrected chi connectivity index (χ4v) is 1.80. The fraction of sp³-hybridized carbons (Fsp3) is 0.556. The van der Waals surface area contributed by atoms with Crippen molar-refractivity contribution >= 4 is 20.1 Å². The van der Waals surface area contributed by atoms with Gasteiger partial charge < -0.3 is 4.43 Å². The third-order valence-corrected chi connectivity index (χ3v) is 2.82. The Hall–Kier alpha value is -0.943. The van der Waals surface area contributed by atoms with E-state index in [1.165, 1.54) is 17.1 Å². The molecule has 0 unspecified atom stereocenters. The molecule has 0 N–H and O–H groups in total. The lowest BCUT2D eigenvalue weighted by molar-refractivity contribution is -0.137. The van der Waals surface area contributed by atoms with Crippen LogP contribution in [0.5, 0.6) is 0 Å². The molecular formula is C9H15NO3Si. The van der Waals surface area contributed by atoms with Crippen LogP contribution in [0.2, 0.25) is 19.6 Å². The maximum absolute atomic E-state index is 11.1. The number of imide groups is 1. The molecule has 0 aromatic rings. The summed E-state index contributed by atoms with van der Waals surface area (Å²) < 4.78 is 5.55. The van der Waals surface area contributed by atoms with E-state index >= 15 is 0 Å². The minimum Gasteiger partial charge on any atom is -0.416 e. The van der Waals surface area contributed by atoms with E-state index in [1.807, 2.05) is 0 Å². The molecular weight excluding hydrogens is 198 g/mol. The largest absolute Gasteiger partial charge is 0.416 e. The second-order valence-corrected chi connectivity index (χ2v) is 8.64. The first-order valence-electron chi connectivity index (χ1n) is 4.58. The van der Waals surface area contributed by atoms with Gasteiger partial charge in [-0.05, 0) is 19.6 Å². The number of nitrogens with zero attached hydrogens (tertiary/aromatic N) is 1. The van der Waals surface area contributed by atoms with Crippen molar-refractivity contribution in [1.82, 2.24) is 4.90 Å². The predicted octanol–water partition coefficient (Wildman–Crippen LogP) is 0.763. The first kappa shape index (κ1) is 11.1. The highest BCUT2D eigenvalue weighted by atomic mass is 28.4. The molecule has 1 aliphatic rings. The van der Waals surface area contributed by atoms with Gasteiger partial charge in [0.2, 0.25) is 0 Å². The fourth-order valence-electron chi connectivity index (χ4n) is 1.09. The quantitative estimate of drug-likeness (QED) is 0.512. The summed E-state index contributed by atoms with van der Waals surface area (Å²) >= 11 is 0. The summed E-state index contributed by atoms with van der Waals surface area (Å²) in [6.45, 7) is 7.00. The van der Waals surface area contributed by atoms with E-state index in [0.29, 0.717) is 13.2 Å². The van der Waals surface area contributed by atoms with Crippen LogP contribution in [0.3, 0.4) is 0 Å². The van der Waals surface area contributed by atoms with Gasteiger partial charge in [-0.15, -0.1) is 0 Å². The van der Waals surface area contributed by atoms with E-state index < -0.39 is 8.32 Å². The first-order chi connectivity index (χ1) is 6.40. The van der Waals surface area contributed by atoms with Gasteiger partial charge in [-0.1, -0.05) is 0 Å². The van der Waals surface area contributed by atoms with E-state index in [9.17, 15) is 9.59 Å². The molecule has 0 aliphatic carbocycles. The van der Waals surface area contributed by atoms with Crippen LogP contribution in [-0.4, -0.2) is 38.2 Å². The smallest absolute Gasteiger partial charge is 0.253 e. The zero-order valence-electron chi connectivity index (χ0n) is 8.74. The molecule has 2 amide bonds. The van der Waals surface area contributed by atoms with Gasteiger partial charge in [-0.3, -0.25) is 14.5 Å². The third-order valence-electron chi connectivity index (χ3n) is 1.75. The molecule has 78 valence electrons. The summed E-state index contributed by atoms with van der Waals surface area (Å²) in [4.78, 5) is 23.4. The molecule has 0 aromatic heterocycles. The van der Waals surface area contributed by atoms with Crippen molar-refractivity contribution in [2.45, 2.75) is 19.6 Å². The van der Waals surface area contributed by atoms with Crippen LogP contribution in [0.4, 0.5) is 0 Å². The second kappa shape index (κ2) is 4.06. The number of carbonyl (C=O) groups excluding carboxylic acids is 2. The van der Waals surface area contributed by atoms with Crippen LogP contribution < -0.4 is 0 Å². The van der Waals surface area contributed by atoms with Crippen molar-refractivity contribution < 1.29 is 14.0 Å². The lowest BCUT2D eigenvalue weighted by Gasteiger charge is -2.20. The number of amides is 2. The number of hydrogen-bond acceptors (Lipinski definition) is 3. The Bertz CT molecular complexity index is 262. The van der Waals surface area contributed by atoms with Gasteiger partial charge in [0.1, 0.15) is 0 Å². The maximum Gasteiger partial charge on any atom is 0.253 e. The van der Waals surface area contributed by atoms with Crippen LogP contribution in [0, 0.1) is 0 Å². The molecule has 1 rings (SSSR count). The Morgan fingerprint density at radius 3 is 2.14 bits per heavy atom. The van der Waals surface area contributed by atoms with E-state index in [2.05, 4.69) is 19.6 Å². The molecule has 0 radical (unpaired) electrons. The lowest BCUT2D eigenvalue weighted by Crippen LogP contribution is -2.36. The van der Waals surface area contributed by atoms with E-state index in [1.54, 1.807) is 0 Å². The van der Waals surface area contributed by atoms with Gasteiger partial charge in [-0.25, -0.2) is 0 Å². The SMILES string of the molecule is C[Si](C)(C)OCCN1C(=O)C=CC1=O. The molecule has 1 heterocycles. The van der Waals surface area contributed by atoms with Crippen LogP contribution in [0.25, 0.3) is 0 Å². The molecule has 1 aliphatic heterocycles. The second-order valence-electron chi connectivity index (χ2n) is 4.12. The van der Waals surface area contributed by atoms with E-state index in [-0.39, 0.29) is 11.8 Å². The van der Waals surface area contributed by atoms with Gasteiger partial charge in [0.15, 0.2) is 8.32 Å². The van der Waals surface area contributed by atoms with Crippen molar-refractivity contribution in [1.29, 1.82) is 0 Å². The van der Waals surface area contributed by atoms with Crippen LogP contribution in [0.15, 0.2) is 12.2 Å². The normalized spacial score (nSPS) is 16.9. The van der Waals surface area contributed by atoms with Gasteiger partial charge in [0, 0.05) is 12.2 Å². The zero-order chi connectivity index (χ0) is 10.8. The summed E-state index contributed by atoms with van der Waals surface area (Å²) in [7, 11) is -1.54. The molecule has 0 fully saturated rings. The van der Waals surface area contributed by atoms with Crippen molar-refractivity contribution in [2.24, 2.45) is 0 Å². The molecule has 0 aromatic carbocycles. The van der Waals surface area contributed by atoms with Crippen molar-refractivity contribution in [3.05, 3.63) is 12.2 Å². The van der Waals surface area contributed by atoms with Crippen molar-refractivity contribution in [2.75, 3.05) is 13.2 Å². The minimum atomic E-state index is -1.54. The van der Waals surface area contributed by atoms with E-state index in [4.69, 9.17) is 4.43 Å². The van der Waals surface area contributed by atoms with E-state index in [0.717, 1.165) is 0 Å². The average Bonchev–Trinajstić information content (AvgIpc) is 2.33. The molecule has 14 heavy (non-hydrogen) atoms. The molecule has 0 saturated heterocycles. The summed E-state index contributed by atoms with van der Waals surface area (Å²) in [5.41, 5.74) is 0. The van der Waals surface area contributed by atoms with Gasteiger partial charge in [-0.2, -0.15) is 0 Å². The van der Waals surface area contributed by atoms with Gasteiger partial charge in [0.25, 0.3) is 11.8 Å². The molecule has 0 saturated carbocycles. The van der Waals surface area contributed by atoms with Crippen LogP contribution >= 0.6 is 0 Å². The van der Waals surface area contributed by atoms with Crippen molar-refractivity contribution in [3.8, 4) is 0 Å².